The maximum absolute atomic E-state index is 9.10. The Morgan fingerprint density at radius 3 is 1.74 bits per heavy atom. The Kier molecular flexibility index (Phi) is 11.7. The maximum atomic E-state index is 9.10. The molecule has 0 saturated carbocycles. The van der Waals surface area contributed by atoms with Gasteiger partial charge in [-0.3, -0.25) is 0 Å². The average Bonchev–Trinajstić information content (AvgIpc) is 2.90. The quantitative estimate of drug-likeness (QED) is 0.217. The summed E-state index contributed by atoms with van der Waals surface area (Å²) < 4.78 is 11.6. The Bertz CT molecular complexity index is 980. The molecule has 0 fully saturated rings. The minimum absolute atomic E-state index is 0.143. The molecule has 0 atom stereocenters. The summed E-state index contributed by atoms with van der Waals surface area (Å²) in [6.45, 7) is 3.60. The first-order valence-corrected chi connectivity index (χ1v) is 13.1. The molecule has 3 aromatic carbocycles. The van der Waals surface area contributed by atoms with Crippen LogP contribution in [0.1, 0.15) is 57.4 Å². The Morgan fingerprint density at radius 2 is 1.11 bits per heavy atom. The van der Waals surface area contributed by atoms with Gasteiger partial charge in [0.25, 0.3) is 0 Å². The minimum Gasteiger partial charge on any atom is -0.494 e. The molecule has 0 saturated heterocycles. The number of benzene rings is 3. The minimum atomic E-state index is 0.143. The van der Waals surface area contributed by atoms with Crippen LogP contribution < -0.4 is 9.47 Å². The number of hydrogen-bond donors (Lipinski definition) is 2. The molecule has 4 nitrogen and oxygen atoms in total. The number of unbranched alkanes of at least 4 members (excludes halogenated alkanes) is 4. The number of aliphatic hydroxyl groups excluding tert-OH is 2. The van der Waals surface area contributed by atoms with Gasteiger partial charge >= 0.3 is 0 Å². The van der Waals surface area contributed by atoms with Crippen molar-refractivity contribution in [3.05, 3.63) is 72.3 Å². The number of aryl methyl sites for hydroxylation is 1. The van der Waals surface area contributed by atoms with Crippen molar-refractivity contribution in [3.63, 3.8) is 0 Å². The lowest BCUT2D eigenvalue weighted by Gasteiger charge is -2.14. The van der Waals surface area contributed by atoms with Gasteiger partial charge in [0.05, 0.1) is 13.2 Å². The van der Waals surface area contributed by atoms with Crippen molar-refractivity contribution in [2.24, 2.45) is 0 Å². The molecule has 0 heterocycles. The summed E-state index contributed by atoms with van der Waals surface area (Å²) in [6.07, 6.45) is 8.54. The molecule has 3 rings (SSSR count). The van der Waals surface area contributed by atoms with Gasteiger partial charge < -0.3 is 19.7 Å². The van der Waals surface area contributed by atoms with Crippen LogP contribution in [0.15, 0.2) is 66.7 Å². The lowest BCUT2D eigenvalue weighted by Crippen LogP contribution is -2.02. The molecule has 4 heteroatoms. The van der Waals surface area contributed by atoms with Gasteiger partial charge in [-0.05, 0) is 64.9 Å². The summed E-state index contributed by atoms with van der Waals surface area (Å²) in [4.78, 5) is 0. The second-order valence-corrected chi connectivity index (χ2v) is 8.94. The van der Waals surface area contributed by atoms with E-state index >= 15 is 0 Å². The number of hydrogen-bond acceptors (Lipinski definition) is 4. The van der Waals surface area contributed by atoms with Gasteiger partial charge in [0.15, 0.2) is 0 Å². The first-order chi connectivity index (χ1) is 17.2. The second kappa shape index (κ2) is 15.2. The third-order valence-corrected chi connectivity index (χ3v) is 6.15. The molecule has 0 aliphatic carbocycles. The average molecular weight is 477 g/mol. The smallest absolute Gasteiger partial charge is 0.122 e. The fourth-order valence-electron chi connectivity index (χ4n) is 4.11. The topological polar surface area (TPSA) is 58.9 Å². The van der Waals surface area contributed by atoms with E-state index in [1.807, 2.05) is 12.1 Å². The van der Waals surface area contributed by atoms with Crippen LogP contribution in [0.25, 0.3) is 22.3 Å². The summed E-state index contributed by atoms with van der Waals surface area (Å²) in [5, 5.41) is 18.0. The van der Waals surface area contributed by atoms with E-state index in [1.54, 1.807) is 0 Å². The highest BCUT2D eigenvalue weighted by Crippen LogP contribution is 2.30. The molecule has 3 aromatic rings. The molecular weight excluding hydrogens is 436 g/mol. The third-order valence-electron chi connectivity index (χ3n) is 6.15. The highest BCUT2D eigenvalue weighted by molar-refractivity contribution is 5.71. The molecule has 0 unspecified atom stereocenters. The fraction of sp³-hybridized carbons (Fsp3) is 0.419. The molecule has 188 valence electrons. The van der Waals surface area contributed by atoms with Gasteiger partial charge in [0, 0.05) is 26.1 Å². The van der Waals surface area contributed by atoms with Gasteiger partial charge in [-0.1, -0.05) is 75.1 Å². The summed E-state index contributed by atoms with van der Waals surface area (Å²) in [5.41, 5.74) is 5.94. The lowest BCUT2D eigenvalue weighted by atomic mass is 9.97. The Hall–Kier alpha value is -2.82. The molecule has 0 spiro atoms. The van der Waals surface area contributed by atoms with Crippen LogP contribution in [0, 0.1) is 0 Å². The highest BCUT2D eigenvalue weighted by Gasteiger charge is 2.08. The summed E-state index contributed by atoms with van der Waals surface area (Å²) in [7, 11) is 0. The van der Waals surface area contributed by atoms with Gasteiger partial charge in [0.1, 0.15) is 11.5 Å². The van der Waals surface area contributed by atoms with Gasteiger partial charge in [0.2, 0.25) is 0 Å². The molecule has 0 bridgehead atoms. The van der Waals surface area contributed by atoms with E-state index in [-0.39, 0.29) is 13.2 Å². The standard InChI is InChI=1S/C31H40O4/c1-2-3-4-5-6-9-29-24-28(16-19-31(29)35-23-8-21-33)27-12-10-25(11-13-27)26-14-17-30(18-15-26)34-22-7-20-32/h10-19,24,32-33H,2-9,20-23H2,1H3. The first kappa shape index (κ1) is 26.8. The summed E-state index contributed by atoms with van der Waals surface area (Å²) >= 11 is 0. The summed E-state index contributed by atoms with van der Waals surface area (Å²) in [6, 6.07) is 23.2. The Labute approximate surface area is 210 Å². The van der Waals surface area contributed by atoms with Crippen LogP contribution in [0.4, 0.5) is 0 Å². The molecule has 35 heavy (non-hydrogen) atoms. The predicted molar refractivity (Wildman–Crippen MR) is 144 cm³/mol. The zero-order valence-corrected chi connectivity index (χ0v) is 21.0. The summed E-state index contributed by atoms with van der Waals surface area (Å²) in [5.74, 6) is 1.76. The molecule has 0 amide bonds. The number of ether oxygens (including phenoxy) is 2. The third kappa shape index (κ3) is 8.72. The van der Waals surface area contributed by atoms with Crippen LogP contribution in [0.2, 0.25) is 0 Å². The van der Waals surface area contributed by atoms with E-state index in [4.69, 9.17) is 19.7 Å². The van der Waals surface area contributed by atoms with Crippen LogP contribution in [0.5, 0.6) is 11.5 Å². The first-order valence-electron chi connectivity index (χ1n) is 13.1. The number of aliphatic hydroxyl groups is 2. The number of rotatable bonds is 16. The van der Waals surface area contributed by atoms with Gasteiger partial charge in [-0.25, -0.2) is 0 Å². The maximum Gasteiger partial charge on any atom is 0.122 e. The van der Waals surface area contributed by atoms with Crippen molar-refractivity contribution in [3.8, 4) is 33.8 Å². The Balaban J connectivity index is 1.70. The zero-order chi connectivity index (χ0) is 24.7. The monoisotopic (exact) mass is 476 g/mol. The van der Waals surface area contributed by atoms with E-state index in [9.17, 15) is 0 Å². The Morgan fingerprint density at radius 1 is 0.571 bits per heavy atom. The van der Waals surface area contributed by atoms with E-state index < -0.39 is 0 Å². The van der Waals surface area contributed by atoms with E-state index in [2.05, 4.69) is 61.5 Å². The van der Waals surface area contributed by atoms with Crippen LogP contribution in [-0.4, -0.2) is 36.6 Å². The van der Waals surface area contributed by atoms with E-state index in [1.165, 1.54) is 48.8 Å². The highest BCUT2D eigenvalue weighted by atomic mass is 16.5. The fourth-order valence-corrected chi connectivity index (χ4v) is 4.11. The lowest BCUT2D eigenvalue weighted by molar-refractivity contribution is 0.232. The molecule has 2 N–H and O–H groups in total. The van der Waals surface area contributed by atoms with E-state index in [0.717, 1.165) is 29.0 Å². The van der Waals surface area contributed by atoms with Crippen LogP contribution in [-0.2, 0) is 6.42 Å². The van der Waals surface area contributed by atoms with Crippen molar-refractivity contribution < 1.29 is 19.7 Å². The van der Waals surface area contributed by atoms with Crippen LogP contribution in [0.3, 0.4) is 0 Å². The van der Waals surface area contributed by atoms with Crippen molar-refractivity contribution in [1.29, 1.82) is 0 Å². The van der Waals surface area contributed by atoms with Gasteiger partial charge in [-0.15, -0.1) is 0 Å². The van der Waals surface area contributed by atoms with E-state index in [0.29, 0.717) is 26.1 Å². The zero-order valence-electron chi connectivity index (χ0n) is 21.0. The molecule has 0 radical (unpaired) electrons. The van der Waals surface area contributed by atoms with Crippen molar-refractivity contribution >= 4 is 0 Å². The molecule has 0 aliphatic rings. The predicted octanol–water partition coefficient (Wildman–Crippen LogP) is 7.06. The van der Waals surface area contributed by atoms with Crippen molar-refractivity contribution in [1.82, 2.24) is 0 Å². The second-order valence-electron chi connectivity index (χ2n) is 8.94. The van der Waals surface area contributed by atoms with Gasteiger partial charge in [-0.2, -0.15) is 0 Å². The van der Waals surface area contributed by atoms with Crippen molar-refractivity contribution in [2.45, 2.75) is 58.3 Å². The molecular formula is C31H40O4. The molecule has 0 aliphatic heterocycles. The molecule has 0 aromatic heterocycles. The largest absolute Gasteiger partial charge is 0.494 e. The normalized spacial score (nSPS) is 10.9. The van der Waals surface area contributed by atoms with Crippen molar-refractivity contribution in [2.75, 3.05) is 26.4 Å². The van der Waals surface area contributed by atoms with Crippen LogP contribution >= 0.6 is 0 Å². The SMILES string of the molecule is CCCCCCCc1cc(-c2ccc(-c3ccc(OCCCO)cc3)cc2)ccc1OCCCO.